The zero-order valence-electron chi connectivity index (χ0n) is 10.4. The molecule has 0 aliphatic carbocycles. The van der Waals surface area contributed by atoms with Crippen molar-refractivity contribution in [2.75, 3.05) is 5.32 Å². The van der Waals surface area contributed by atoms with E-state index >= 15 is 0 Å². The number of benzene rings is 2. The smallest absolute Gasteiger partial charge is 0.123 e. The fourth-order valence-electron chi connectivity index (χ4n) is 1.77. The van der Waals surface area contributed by atoms with Crippen LogP contribution < -0.4 is 5.32 Å². The van der Waals surface area contributed by atoms with Crippen LogP contribution in [-0.2, 0) is 0 Å². The Morgan fingerprint density at radius 1 is 1.11 bits per heavy atom. The van der Waals surface area contributed by atoms with Gasteiger partial charge in [0.15, 0.2) is 0 Å². The van der Waals surface area contributed by atoms with Crippen LogP contribution in [0.5, 0.6) is 0 Å². The summed E-state index contributed by atoms with van der Waals surface area (Å²) < 4.78 is 12.8. The van der Waals surface area contributed by atoms with Crippen LogP contribution in [0.1, 0.15) is 24.1 Å². The lowest BCUT2D eigenvalue weighted by Crippen LogP contribution is -2.06. The third-order valence-corrected chi connectivity index (χ3v) is 3.33. The Morgan fingerprint density at radius 3 is 2.39 bits per heavy atom. The van der Waals surface area contributed by atoms with E-state index < -0.39 is 0 Å². The molecule has 0 aliphatic rings. The van der Waals surface area contributed by atoms with Crippen LogP contribution in [0.4, 0.5) is 10.1 Å². The first-order chi connectivity index (χ1) is 8.56. The van der Waals surface area contributed by atoms with Crippen LogP contribution in [0.2, 0.25) is 5.02 Å². The summed E-state index contributed by atoms with van der Waals surface area (Å²) in [6.07, 6.45) is 0. The first-order valence-corrected chi connectivity index (χ1v) is 6.22. The Morgan fingerprint density at radius 2 is 1.78 bits per heavy atom. The van der Waals surface area contributed by atoms with Crippen molar-refractivity contribution in [2.45, 2.75) is 19.9 Å². The number of anilines is 1. The van der Waals surface area contributed by atoms with Crippen LogP contribution >= 0.6 is 11.6 Å². The van der Waals surface area contributed by atoms with E-state index in [1.807, 2.05) is 32.0 Å². The summed E-state index contributed by atoms with van der Waals surface area (Å²) in [5, 5.41) is 4.08. The highest BCUT2D eigenvalue weighted by Crippen LogP contribution is 2.24. The van der Waals surface area contributed by atoms with Crippen LogP contribution in [0.25, 0.3) is 0 Å². The molecule has 0 fully saturated rings. The van der Waals surface area contributed by atoms with E-state index in [9.17, 15) is 4.39 Å². The van der Waals surface area contributed by atoms with Crippen molar-refractivity contribution in [2.24, 2.45) is 0 Å². The highest BCUT2D eigenvalue weighted by Gasteiger charge is 2.06. The molecule has 0 amide bonds. The van der Waals surface area contributed by atoms with E-state index in [0.29, 0.717) is 0 Å². The molecule has 0 saturated heterocycles. The molecular formula is C15H15ClFN. The first-order valence-electron chi connectivity index (χ1n) is 5.84. The average molecular weight is 264 g/mol. The summed E-state index contributed by atoms with van der Waals surface area (Å²) in [5.74, 6) is -0.218. The number of rotatable bonds is 3. The number of aryl methyl sites for hydroxylation is 1. The molecule has 0 radical (unpaired) electrons. The van der Waals surface area contributed by atoms with Gasteiger partial charge >= 0.3 is 0 Å². The van der Waals surface area contributed by atoms with Gasteiger partial charge in [0.1, 0.15) is 5.82 Å². The molecule has 0 aliphatic heterocycles. The largest absolute Gasteiger partial charge is 0.378 e. The molecule has 0 spiro atoms. The fraction of sp³-hybridized carbons (Fsp3) is 0.200. The van der Waals surface area contributed by atoms with Crippen molar-refractivity contribution in [1.82, 2.24) is 0 Å². The summed E-state index contributed by atoms with van der Waals surface area (Å²) >= 11 is 6.07. The molecule has 0 saturated carbocycles. The molecule has 0 bridgehead atoms. The lowest BCUT2D eigenvalue weighted by Gasteiger charge is -2.16. The third-order valence-electron chi connectivity index (χ3n) is 2.93. The van der Waals surface area contributed by atoms with Gasteiger partial charge in [-0.1, -0.05) is 29.8 Å². The first kappa shape index (κ1) is 12.9. The average Bonchev–Trinajstić information content (AvgIpc) is 2.34. The van der Waals surface area contributed by atoms with Crippen molar-refractivity contribution in [1.29, 1.82) is 0 Å². The predicted octanol–water partition coefficient (Wildman–Crippen LogP) is 4.96. The highest BCUT2D eigenvalue weighted by molar-refractivity contribution is 6.31. The van der Waals surface area contributed by atoms with E-state index in [1.165, 1.54) is 12.1 Å². The second-order valence-electron chi connectivity index (χ2n) is 4.38. The van der Waals surface area contributed by atoms with Crippen molar-refractivity contribution < 1.29 is 4.39 Å². The standard InChI is InChI=1S/C15H15ClFN/c1-10-3-8-14(9-15(10)16)18-11(2)12-4-6-13(17)7-5-12/h3-9,11,18H,1-2H3. The summed E-state index contributed by atoms with van der Waals surface area (Å²) in [6.45, 7) is 4.00. The highest BCUT2D eigenvalue weighted by atomic mass is 35.5. The number of hydrogen-bond acceptors (Lipinski definition) is 1. The molecule has 94 valence electrons. The molecule has 1 atom stereocenters. The quantitative estimate of drug-likeness (QED) is 0.825. The van der Waals surface area contributed by atoms with Gasteiger partial charge in [-0.2, -0.15) is 0 Å². The van der Waals surface area contributed by atoms with Crippen LogP contribution in [0.3, 0.4) is 0 Å². The second kappa shape index (κ2) is 5.40. The molecule has 3 heteroatoms. The van der Waals surface area contributed by atoms with Crippen LogP contribution in [0.15, 0.2) is 42.5 Å². The number of nitrogens with one attached hydrogen (secondary N) is 1. The summed E-state index contributed by atoms with van der Waals surface area (Å²) in [6, 6.07) is 12.5. The Balaban J connectivity index is 2.13. The lowest BCUT2D eigenvalue weighted by atomic mass is 10.1. The minimum absolute atomic E-state index is 0.101. The van der Waals surface area contributed by atoms with Crippen molar-refractivity contribution in [3.63, 3.8) is 0 Å². The van der Waals surface area contributed by atoms with E-state index in [-0.39, 0.29) is 11.9 Å². The number of halogens is 2. The molecule has 0 aromatic heterocycles. The zero-order chi connectivity index (χ0) is 13.1. The molecule has 2 aromatic carbocycles. The molecule has 1 N–H and O–H groups in total. The molecule has 0 heterocycles. The van der Waals surface area contributed by atoms with E-state index in [2.05, 4.69) is 5.32 Å². The van der Waals surface area contributed by atoms with Gasteiger partial charge in [-0.05, 0) is 49.2 Å². The molecule has 2 rings (SSSR count). The zero-order valence-corrected chi connectivity index (χ0v) is 11.1. The van der Waals surface area contributed by atoms with Gasteiger partial charge in [-0.25, -0.2) is 4.39 Å². The maximum atomic E-state index is 12.8. The van der Waals surface area contributed by atoms with Crippen molar-refractivity contribution >= 4 is 17.3 Å². The Hall–Kier alpha value is -1.54. The van der Waals surface area contributed by atoms with Gasteiger partial charge in [0.2, 0.25) is 0 Å². The predicted molar refractivity (Wildman–Crippen MR) is 74.6 cm³/mol. The van der Waals surface area contributed by atoms with Gasteiger partial charge in [0, 0.05) is 16.8 Å². The minimum Gasteiger partial charge on any atom is -0.378 e. The Bertz CT molecular complexity index is 537. The SMILES string of the molecule is Cc1ccc(NC(C)c2ccc(F)cc2)cc1Cl. The molecule has 1 nitrogen and oxygen atoms in total. The maximum Gasteiger partial charge on any atom is 0.123 e. The lowest BCUT2D eigenvalue weighted by molar-refractivity contribution is 0.626. The van der Waals surface area contributed by atoms with E-state index in [1.54, 1.807) is 12.1 Å². The minimum atomic E-state index is -0.218. The third kappa shape index (κ3) is 3.02. The van der Waals surface area contributed by atoms with Gasteiger partial charge in [-0.15, -0.1) is 0 Å². The van der Waals surface area contributed by atoms with Crippen LogP contribution in [0, 0.1) is 12.7 Å². The topological polar surface area (TPSA) is 12.0 Å². The van der Waals surface area contributed by atoms with Gasteiger partial charge in [0.25, 0.3) is 0 Å². The van der Waals surface area contributed by atoms with Crippen molar-refractivity contribution in [3.8, 4) is 0 Å². The van der Waals surface area contributed by atoms with E-state index in [4.69, 9.17) is 11.6 Å². The summed E-state index contributed by atoms with van der Waals surface area (Å²) in [4.78, 5) is 0. The van der Waals surface area contributed by atoms with E-state index in [0.717, 1.165) is 21.8 Å². The van der Waals surface area contributed by atoms with Gasteiger partial charge in [-0.3, -0.25) is 0 Å². The molecule has 1 unspecified atom stereocenters. The summed E-state index contributed by atoms with van der Waals surface area (Å²) in [5.41, 5.74) is 3.05. The van der Waals surface area contributed by atoms with Crippen LogP contribution in [-0.4, -0.2) is 0 Å². The molecule has 18 heavy (non-hydrogen) atoms. The fourth-order valence-corrected chi connectivity index (χ4v) is 1.95. The van der Waals surface area contributed by atoms with Gasteiger partial charge < -0.3 is 5.32 Å². The summed E-state index contributed by atoms with van der Waals surface area (Å²) in [7, 11) is 0. The number of hydrogen-bond donors (Lipinski definition) is 1. The molecule has 2 aromatic rings. The van der Waals surface area contributed by atoms with Crippen molar-refractivity contribution in [3.05, 3.63) is 64.4 Å². The second-order valence-corrected chi connectivity index (χ2v) is 4.79. The maximum absolute atomic E-state index is 12.8. The monoisotopic (exact) mass is 263 g/mol. The molecular weight excluding hydrogens is 249 g/mol. The Kier molecular flexibility index (Phi) is 3.87. The normalized spacial score (nSPS) is 12.2. The Labute approximate surface area is 112 Å². The van der Waals surface area contributed by atoms with Gasteiger partial charge in [0.05, 0.1) is 0 Å².